The van der Waals surface area contributed by atoms with Gasteiger partial charge in [-0.15, -0.1) is 11.3 Å². The summed E-state index contributed by atoms with van der Waals surface area (Å²) in [6.45, 7) is 3.12. The Kier molecular flexibility index (Phi) is 5.94. The molecular formula is C26H29ClN6O2S. The van der Waals surface area contributed by atoms with E-state index < -0.39 is 0 Å². The van der Waals surface area contributed by atoms with Crippen molar-refractivity contribution < 1.29 is 9.26 Å². The summed E-state index contributed by atoms with van der Waals surface area (Å²) in [7, 11) is 2.12. The first-order valence-electron chi connectivity index (χ1n) is 12.6. The van der Waals surface area contributed by atoms with E-state index in [9.17, 15) is 5.26 Å². The second kappa shape index (κ2) is 9.02. The second-order valence-corrected chi connectivity index (χ2v) is 11.8. The minimum Gasteiger partial charge on any atom is -0.459 e. The van der Waals surface area contributed by atoms with E-state index in [1.807, 2.05) is 0 Å². The van der Waals surface area contributed by atoms with Crippen molar-refractivity contribution in [3.05, 3.63) is 38.5 Å². The van der Waals surface area contributed by atoms with Crippen LogP contribution in [0.2, 0.25) is 5.15 Å². The molecule has 2 aliphatic carbocycles. The summed E-state index contributed by atoms with van der Waals surface area (Å²) in [5, 5.41) is 15.4. The number of fused-ring (bicyclic) bond motifs is 4. The number of aryl methyl sites for hydroxylation is 1. The number of halogens is 1. The molecular weight excluding hydrogens is 496 g/mol. The first-order chi connectivity index (χ1) is 17.4. The Morgan fingerprint density at radius 1 is 1.31 bits per heavy atom. The lowest BCUT2D eigenvalue weighted by atomic mass is 9.62. The van der Waals surface area contributed by atoms with Gasteiger partial charge in [0, 0.05) is 28.0 Å². The fourth-order valence-corrected chi connectivity index (χ4v) is 7.93. The molecule has 3 atom stereocenters. The Morgan fingerprint density at radius 3 is 2.86 bits per heavy atom. The molecule has 1 aliphatic heterocycles. The van der Waals surface area contributed by atoms with Crippen molar-refractivity contribution in [3.8, 4) is 23.5 Å². The molecule has 3 aliphatic rings. The van der Waals surface area contributed by atoms with Crippen LogP contribution >= 0.6 is 22.9 Å². The summed E-state index contributed by atoms with van der Waals surface area (Å²) < 4.78 is 12.1. The average molecular weight is 525 g/mol. The van der Waals surface area contributed by atoms with E-state index in [4.69, 9.17) is 31.6 Å². The van der Waals surface area contributed by atoms with Crippen LogP contribution in [0, 0.1) is 11.3 Å². The number of nitriles is 1. The molecule has 2 N–H and O–H groups in total. The molecule has 8 nitrogen and oxygen atoms in total. The third kappa shape index (κ3) is 3.69. The zero-order valence-electron chi connectivity index (χ0n) is 20.5. The molecule has 3 aromatic rings. The first-order valence-corrected chi connectivity index (χ1v) is 13.8. The van der Waals surface area contributed by atoms with Crippen LogP contribution in [0.25, 0.3) is 11.5 Å². The lowest BCUT2D eigenvalue weighted by Crippen LogP contribution is -2.38. The van der Waals surface area contributed by atoms with Crippen molar-refractivity contribution >= 4 is 27.9 Å². The van der Waals surface area contributed by atoms with E-state index >= 15 is 0 Å². The molecule has 1 spiro atoms. The summed E-state index contributed by atoms with van der Waals surface area (Å²) in [6, 6.07) is 4.65. The zero-order valence-corrected chi connectivity index (χ0v) is 22.1. The van der Waals surface area contributed by atoms with Crippen LogP contribution in [0.3, 0.4) is 0 Å². The van der Waals surface area contributed by atoms with Gasteiger partial charge in [-0.2, -0.15) is 15.2 Å². The predicted octanol–water partition coefficient (Wildman–Crippen LogP) is 5.12. The SMILES string of the molecule is C[C@H](Oc1nc(Cl)cc(-c2onc3c2CCC[C@@]32CCCc3sc(N)c(C#N)c32)n1)[C@@H]1CCCN1C. The maximum absolute atomic E-state index is 9.92. The Balaban J connectivity index is 1.39. The van der Waals surface area contributed by atoms with E-state index in [0.717, 1.165) is 74.7 Å². The Bertz CT molecular complexity index is 1360. The van der Waals surface area contributed by atoms with Gasteiger partial charge in [-0.3, -0.25) is 4.90 Å². The van der Waals surface area contributed by atoms with Crippen molar-refractivity contribution in [1.29, 1.82) is 5.26 Å². The highest BCUT2D eigenvalue weighted by atomic mass is 35.5. The molecule has 1 fully saturated rings. The lowest BCUT2D eigenvalue weighted by molar-refractivity contribution is 0.112. The third-order valence-electron chi connectivity index (χ3n) is 8.19. The maximum Gasteiger partial charge on any atom is 0.318 e. The topological polar surface area (TPSA) is 114 Å². The molecule has 0 unspecified atom stereocenters. The van der Waals surface area contributed by atoms with Gasteiger partial charge in [0.05, 0.1) is 11.3 Å². The van der Waals surface area contributed by atoms with Crippen molar-refractivity contribution in [3.63, 3.8) is 0 Å². The number of hydrogen-bond acceptors (Lipinski definition) is 9. The number of likely N-dealkylation sites (N-methyl/N-ethyl adjacent to an activating group) is 1. The van der Waals surface area contributed by atoms with E-state index in [1.54, 1.807) is 17.4 Å². The summed E-state index contributed by atoms with van der Waals surface area (Å²) in [6.07, 6.45) is 7.81. The number of nitrogens with two attached hydrogens (primary N) is 1. The highest BCUT2D eigenvalue weighted by Crippen LogP contribution is 2.54. The van der Waals surface area contributed by atoms with Crippen LogP contribution in [0.5, 0.6) is 6.01 Å². The summed E-state index contributed by atoms with van der Waals surface area (Å²) >= 11 is 7.97. The lowest BCUT2D eigenvalue weighted by Gasteiger charge is -2.39. The summed E-state index contributed by atoms with van der Waals surface area (Å²) in [5.74, 6) is 0.609. The molecule has 3 aromatic heterocycles. The molecule has 6 rings (SSSR count). The molecule has 188 valence electrons. The number of hydrogen-bond donors (Lipinski definition) is 1. The number of likely N-dealkylation sites (tertiary alicyclic amines) is 1. The summed E-state index contributed by atoms with van der Waals surface area (Å²) in [5.41, 5.74) is 10.1. The number of nitrogen functional groups attached to an aromatic ring is 1. The molecule has 0 saturated carbocycles. The van der Waals surface area contributed by atoms with Gasteiger partial charge in [0.2, 0.25) is 0 Å². The molecule has 36 heavy (non-hydrogen) atoms. The number of rotatable bonds is 4. The predicted molar refractivity (Wildman–Crippen MR) is 138 cm³/mol. The Labute approximate surface area is 219 Å². The van der Waals surface area contributed by atoms with E-state index in [2.05, 4.69) is 35.1 Å². The van der Waals surface area contributed by atoms with Gasteiger partial charge >= 0.3 is 6.01 Å². The highest BCUT2D eigenvalue weighted by molar-refractivity contribution is 7.16. The average Bonchev–Trinajstić information content (AvgIpc) is 3.56. The van der Waals surface area contributed by atoms with Gasteiger partial charge < -0.3 is 15.0 Å². The molecule has 0 radical (unpaired) electrons. The van der Waals surface area contributed by atoms with Gasteiger partial charge in [0.1, 0.15) is 28.0 Å². The van der Waals surface area contributed by atoms with Crippen molar-refractivity contribution in [1.82, 2.24) is 20.0 Å². The Morgan fingerprint density at radius 2 is 2.11 bits per heavy atom. The minimum atomic E-state index is -0.347. The quantitative estimate of drug-likeness (QED) is 0.468. The smallest absolute Gasteiger partial charge is 0.318 e. The number of aromatic nitrogens is 3. The molecule has 0 amide bonds. The third-order valence-corrected chi connectivity index (χ3v) is 9.47. The fourth-order valence-electron chi connectivity index (χ4n) is 6.60. The maximum atomic E-state index is 9.92. The zero-order chi connectivity index (χ0) is 25.0. The Hall–Kier alpha value is -2.67. The highest BCUT2D eigenvalue weighted by Gasteiger charge is 2.48. The normalized spacial score (nSPS) is 24.3. The van der Waals surface area contributed by atoms with Crippen molar-refractivity contribution in [2.45, 2.75) is 75.9 Å². The number of nitrogens with zero attached hydrogens (tertiary/aromatic N) is 5. The monoisotopic (exact) mass is 524 g/mol. The van der Waals surface area contributed by atoms with Crippen LogP contribution in [0.4, 0.5) is 5.00 Å². The fraction of sp³-hybridized carbons (Fsp3) is 0.538. The van der Waals surface area contributed by atoms with Crippen molar-refractivity contribution in [2.75, 3.05) is 19.3 Å². The van der Waals surface area contributed by atoms with Crippen LogP contribution < -0.4 is 10.5 Å². The van der Waals surface area contributed by atoms with Crippen LogP contribution in [-0.4, -0.2) is 45.8 Å². The van der Waals surface area contributed by atoms with E-state index in [1.165, 1.54) is 4.88 Å². The van der Waals surface area contributed by atoms with E-state index in [0.29, 0.717) is 33.2 Å². The largest absolute Gasteiger partial charge is 0.459 e. The molecule has 0 aromatic carbocycles. The summed E-state index contributed by atoms with van der Waals surface area (Å²) in [4.78, 5) is 12.6. The van der Waals surface area contributed by atoms with Crippen LogP contribution in [0.15, 0.2) is 10.6 Å². The van der Waals surface area contributed by atoms with Crippen LogP contribution in [0.1, 0.15) is 72.7 Å². The first kappa shape index (κ1) is 23.7. The second-order valence-electron chi connectivity index (χ2n) is 10.3. The van der Waals surface area contributed by atoms with Gasteiger partial charge in [-0.1, -0.05) is 16.8 Å². The molecule has 4 heterocycles. The van der Waals surface area contributed by atoms with E-state index in [-0.39, 0.29) is 17.5 Å². The number of ether oxygens (including phenoxy) is 1. The molecule has 10 heteroatoms. The minimum absolute atomic E-state index is 0.0650. The van der Waals surface area contributed by atoms with Crippen molar-refractivity contribution in [2.24, 2.45) is 0 Å². The van der Waals surface area contributed by atoms with Crippen LogP contribution in [-0.2, 0) is 18.3 Å². The number of thiophene rings is 1. The molecule has 0 bridgehead atoms. The standard InChI is InChI=1S/C26H29ClN6O2S/c1-14(18-7-5-11-33(18)2)34-25-30-17(12-20(27)31-25)22-15-6-3-9-26(23(15)32-35-22)10-4-8-19-21(26)16(13-28)24(29)36-19/h12,14,18H,3-11,29H2,1-2H3/t14-,18-,26-/m0/s1. The van der Waals surface area contributed by atoms with Gasteiger partial charge in [-0.25, -0.2) is 0 Å². The van der Waals surface area contributed by atoms with Gasteiger partial charge in [0.25, 0.3) is 0 Å². The number of anilines is 1. The van der Waals surface area contributed by atoms with Gasteiger partial charge in [-0.05, 0) is 77.4 Å². The van der Waals surface area contributed by atoms with Gasteiger partial charge in [0.15, 0.2) is 5.76 Å². The molecule has 1 saturated heterocycles.